The Morgan fingerprint density at radius 3 is 2.79 bits per heavy atom. The molecule has 1 unspecified atom stereocenters. The zero-order valence-electron chi connectivity index (χ0n) is 19.4. The standard InChI is InChI=1S/C25H27ClN4O3S/c1-4-32-13-7-12-30-16(2)21(22(27-25(30)34)17-8-6-11-20(15-17)31-3)24-28-23(29-33-24)18-9-5-10-19(26)14-18/h5-6,8-11,14-15,22H,4,7,12-13H2,1-3H3,(H,27,34). The van der Waals surface area contributed by atoms with Crippen molar-refractivity contribution in [3.05, 3.63) is 70.7 Å². The number of aromatic nitrogens is 2. The molecule has 9 heteroatoms. The molecule has 0 fully saturated rings. The Balaban J connectivity index is 1.75. The number of hydrogen-bond acceptors (Lipinski definition) is 6. The van der Waals surface area contributed by atoms with Crippen molar-refractivity contribution >= 4 is 34.5 Å². The maximum Gasteiger partial charge on any atom is 0.258 e. The third-order valence-corrected chi connectivity index (χ3v) is 6.21. The zero-order valence-corrected chi connectivity index (χ0v) is 20.9. The lowest BCUT2D eigenvalue weighted by Gasteiger charge is -2.37. The Labute approximate surface area is 209 Å². The molecule has 178 valence electrons. The van der Waals surface area contributed by atoms with Gasteiger partial charge in [0.1, 0.15) is 5.75 Å². The van der Waals surface area contributed by atoms with Gasteiger partial charge in [-0.25, -0.2) is 0 Å². The fourth-order valence-electron chi connectivity index (χ4n) is 3.95. The molecule has 1 aliphatic rings. The van der Waals surface area contributed by atoms with E-state index in [0.29, 0.717) is 41.6 Å². The second-order valence-electron chi connectivity index (χ2n) is 7.79. The first-order valence-corrected chi connectivity index (χ1v) is 11.9. The molecule has 1 N–H and O–H groups in total. The predicted octanol–water partition coefficient (Wildman–Crippen LogP) is 5.49. The molecule has 0 bridgehead atoms. The number of nitrogens with zero attached hydrogens (tertiary/aromatic N) is 3. The van der Waals surface area contributed by atoms with Gasteiger partial charge < -0.3 is 24.2 Å². The molecule has 3 aromatic rings. The minimum absolute atomic E-state index is 0.279. The van der Waals surface area contributed by atoms with E-state index in [2.05, 4.69) is 15.4 Å². The fraction of sp³-hybridized carbons (Fsp3) is 0.320. The van der Waals surface area contributed by atoms with Gasteiger partial charge in [0.2, 0.25) is 5.82 Å². The summed E-state index contributed by atoms with van der Waals surface area (Å²) >= 11 is 11.9. The van der Waals surface area contributed by atoms with E-state index in [1.54, 1.807) is 7.11 Å². The highest BCUT2D eigenvalue weighted by Gasteiger charge is 2.34. The Kier molecular flexibility index (Phi) is 7.82. The summed E-state index contributed by atoms with van der Waals surface area (Å²) in [6, 6.07) is 15.0. The summed E-state index contributed by atoms with van der Waals surface area (Å²) in [7, 11) is 1.65. The molecule has 0 aliphatic carbocycles. The van der Waals surface area contributed by atoms with Crippen LogP contribution in [0.15, 0.2) is 58.8 Å². The third-order valence-electron chi connectivity index (χ3n) is 5.64. The van der Waals surface area contributed by atoms with Crippen LogP contribution in [0.25, 0.3) is 17.0 Å². The molecule has 2 aromatic carbocycles. The van der Waals surface area contributed by atoms with Crippen molar-refractivity contribution in [2.45, 2.75) is 26.3 Å². The molecule has 1 aliphatic heterocycles. The Morgan fingerprint density at radius 2 is 2.03 bits per heavy atom. The molecule has 1 aromatic heterocycles. The SMILES string of the molecule is CCOCCCN1C(=S)NC(c2cccc(OC)c2)C(c2nc(-c3cccc(Cl)c3)no2)=C1C. The van der Waals surface area contributed by atoms with Crippen molar-refractivity contribution in [3.63, 3.8) is 0 Å². The number of halogens is 1. The van der Waals surface area contributed by atoms with E-state index >= 15 is 0 Å². The van der Waals surface area contributed by atoms with E-state index in [-0.39, 0.29) is 6.04 Å². The highest BCUT2D eigenvalue weighted by Crippen LogP contribution is 2.38. The van der Waals surface area contributed by atoms with Crippen molar-refractivity contribution < 1.29 is 14.0 Å². The second-order valence-corrected chi connectivity index (χ2v) is 8.62. The lowest BCUT2D eigenvalue weighted by atomic mass is 9.94. The summed E-state index contributed by atoms with van der Waals surface area (Å²) in [4.78, 5) is 6.78. The third kappa shape index (κ3) is 5.24. The predicted molar refractivity (Wildman–Crippen MR) is 137 cm³/mol. The fourth-order valence-corrected chi connectivity index (χ4v) is 4.48. The van der Waals surface area contributed by atoms with Gasteiger partial charge in [-0.1, -0.05) is 41.0 Å². The first kappa shape index (κ1) is 24.2. The van der Waals surface area contributed by atoms with Crippen molar-refractivity contribution in [2.24, 2.45) is 0 Å². The van der Waals surface area contributed by atoms with E-state index < -0.39 is 0 Å². The zero-order chi connectivity index (χ0) is 24.1. The summed E-state index contributed by atoms with van der Waals surface area (Å²) in [5, 5.41) is 8.94. The van der Waals surface area contributed by atoms with Crippen LogP contribution in [-0.4, -0.2) is 47.0 Å². The van der Waals surface area contributed by atoms with Crippen LogP contribution in [-0.2, 0) is 4.74 Å². The molecule has 0 saturated carbocycles. The molecule has 1 atom stereocenters. The van der Waals surface area contributed by atoms with Gasteiger partial charge >= 0.3 is 0 Å². The van der Waals surface area contributed by atoms with Crippen LogP contribution in [0.1, 0.15) is 37.8 Å². The van der Waals surface area contributed by atoms with E-state index in [0.717, 1.165) is 34.6 Å². The van der Waals surface area contributed by atoms with Crippen LogP contribution < -0.4 is 10.1 Å². The number of ether oxygens (including phenoxy) is 2. The van der Waals surface area contributed by atoms with E-state index in [4.69, 9.17) is 42.8 Å². The van der Waals surface area contributed by atoms with Crippen LogP contribution in [0.5, 0.6) is 5.75 Å². The Morgan fingerprint density at radius 1 is 1.21 bits per heavy atom. The monoisotopic (exact) mass is 498 g/mol. The molecule has 0 spiro atoms. The average Bonchev–Trinajstić information content (AvgIpc) is 3.33. The molecular formula is C25H27ClN4O3S. The van der Waals surface area contributed by atoms with Gasteiger partial charge in [0, 0.05) is 36.0 Å². The maximum atomic E-state index is 6.16. The molecule has 2 heterocycles. The van der Waals surface area contributed by atoms with E-state index in [1.165, 1.54) is 0 Å². The highest BCUT2D eigenvalue weighted by molar-refractivity contribution is 7.80. The molecule has 4 rings (SSSR count). The van der Waals surface area contributed by atoms with Gasteiger partial charge in [0.15, 0.2) is 5.11 Å². The number of nitrogens with one attached hydrogen (secondary N) is 1. The van der Waals surface area contributed by atoms with Crippen molar-refractivity contribution in [1.29, 1.82) is 0 Å². The van der Waals surface area contributed by atoms with Gasteiger partial charge in [-0.05, 0) is 62.3 Å². The number of rotatable bonds is 9. The molecule has 7 nitrogen and oxygen atoms in total. The Hall–Kier alpha value is -2.94. The van der Waals surface area contributed by atoms with E-state index in [1.807, 2.05) is 62.4 Å². The molecular weight excluding hydrogens is 472 g/mol. The lowest BCUT2D eigenvalue weighted by Crippen LogP contribution is -2.46. The van der Waals surface area contributed by atoms with Gasteiger partial charge in [-0.3, -0.25) is 0 Å². The summed E-state index contributed by atoms with van der Waals surface area (Å²) in [6.07, 6.45) is 0.835. The summed E-state index contributed by atoms with van der Waals surface area (Å²) in [5.74, 6) is 1.65. The van der Waals surface area contributed by atoms with Crippen molar-refractivity contribution in [1.82, 2.24) is 20.4 Å². The molecule has 0 radical (unpaired) electrons. The summed E-state index contributed by atoms with van der Waals surface area (Å²) in [6.45, 7) is 6.08. The summed E-state index contributed by atoms with van der Waals surface area (Å²) in [5.41, 5.74) is 3.58. The number of thiocarbonyl (C=S) groups is 1. The summed E-state index contributed by atoms with van der Waals surface area (Å²) < 4.78 is 16.7. The van der Waals surface area contributed by atoms with Gasteiger partial charge in [-0.15, -0.1) is 0 Å². The topological polar surface area (TPSA) is 72.7 Å². The highest BCUT2D eigenvalue weighted by atomic mass is 35.5. The maximum absolute atomic E-state index is 6.16. The lowest BCUT2D eigenvalue weighted by molar-refractivity contribution is 0.141. The minimum atomic E-state index is -0.279. The van der Waals surface area contributed by atoms with Crippen molar-refractivity contribution in [2.75, 3.05) is 26.9 Å². The van der Waals surface area contributed by atoms with Crippen LogP contribution in [0.4, 0.5) is 0 Å². The quantitative estimate of drug-likeness (QED) is 0.307. The van der Waals surface area contributed by atoms with Crippen molar-refractivity contribution in [3.8, 4) is 17.1 Å². The van der Waals surface area contributed by atoms with Crippen LogP contribution in [0.3, 0.4) is 0 Å². The largest absolute Gasteiger partial charge is 0.497 e. The number of allylic oxidation sites excluding steroid dienone is 1. The number of benzene rings is 2. The van der Waals surface area contributed by atoms with Gasteiger partial charge in [-0.2, -0.15) is 4.98 Å². The number of methoxy groups -OCH3 is 1. The second kappa shape index (κ2) is 11.0. The minimum Gasteiger partial charge on any atom is -0.497 e. The average molecular weight is 499 g/mol. The first-order valence-electron chi connectivity index (χ1n) is 11.1. The van der Waals surface area contributed by atoms with Crippen LogP contribution in [0.2, 0.25) is 5.02 Å². The smallest absolute Gasteiger partial charge is 0.258 e. The van der Waals surface area contributed by atoms with Gasteiger partial charge in [0.25, 0.3) is 5.89 Å². The normalized spacial score (nSPS) is 16.1. The Bertz CT molecular complexity index is 1200. The van der Waals surface area contributed by atoms with Crippen LogP contribution >= 0.6 is 23.8 Å². The first-order chi connectivity index (χ1) is 16.5. The van der Waals surface area contributed by atoms with Gasteiger partial charge in [0.05, 0.1) is 18.7 Å². The number of hydrogen-bond donors (Lipinski definition) is 1. The molecule has 34 heavy (non-hydrogen) atoms. The molecule has 0 amide bonds. The van der Waals surface area contributed by atoms with E-state index in [9.17, 15) is 0 Å². The molecule has 0 saturated heterocycles. The van der Waals surface area contributed by atoms with Crippen LogP contribution in [0, 0.1) is 0 Å².